The summed E-state index contributed by atoms with van der Waals surface area (Å²) in [5, 5.41) is 11.8. The lowest BCUT2D eigenvalue weighted by Crippen LogP contribution is -2.43. The number of piperidine rings is 1. The quantitative estimate of drug-likeness (QED) is 0.887. The van der Waals surface area contributed by atoms with Crippen LogP contribution in [0.4, 0.5) is 5.69 Å². The maximum absolute atomic E-state index is 12.6. The molecule has 0 bridgehead atoms. The first-order valence-corrected chi connectivity index (χ1v) is 9.28. The number of hydrogen-bond donors (Lipinski definition) is 1. The summed E-state index contributed by atoms with van der Waals surface area (Å²) in [5.41, 5.74) is 2.44. The maximum Gasteiger partial charge on any atom is 0.229 e. The molecule has 5 heteroatoms. The fourth-order valence-corrected chi connectivity index (χ4v) is 3.34. The third-order valence-corrected chi connectivity index (χ3v) is 4.90. The number of likely N-dealkylation sites (tertiary alicyclic amines) is 1. The number of nitrogens with one attached hydrogen (secondary N) is 1. The van der Waals surface area contributed by atoms with Crippen LogP contribution in [-0.2, 0) is 16.0 Å². The van der Waals surface area contributed by atoms with Crippen molar-refractivity contribution >= 4 is 17.5 Å². The fraction of sp³-hybridized carbons (Fsp3) is 0.318. The standard InChI is InChI=1S/C22H23N3O2/c23-15-18-10-8-17(9-11-18)12-13-21(26)25-14-4-5-19(16-25)22(27)24-20-6-2-1-3-7-20/h1-3,6-11,19H,4-5,12-14,16H2,(H,24,27). The van der Waals surface area contributed by atoms with Crippen LogP contribution in [0.15, 0.2) is 54.6 Å². The Morgan fingerprint density at radius 2 is 1.85 bits per heavy atom. The summed E-state index contributed by atoms with van der Waals surface area (Å²) in [6.07, 6.45) is 2.70. The number of carbonyl (C=O) groups is 2. The first-order valence-electron chi connectivity index (χ1n) is 9.28. The zero-order chi connectivity index (χ0) is 19.1. The molecule has 1 aliphatic heterocycles. The van der Waals surface area contributed by atoms with Crippen LogP contribution < -0.4 is 5.32 Å². The predicted octanol–water partition coefficient (Wildman–Crippen LogP) is 3.37. The average molecular weight is 361 g/mol. The van der Waals surface area contributed by atoms with Crippen LogP contribution in [-0.4, -0.2) is 29.8 Å². The summed E-state index contributed by atoms with van der Waals surface area (Å²) in [6, 6.07) is 18.8. The molecule has 0 aromatic heterocycles. The lowest BCUT2D eigenvalue weighted by molar-refractivity contribution is -0.134. The molecule has 1 heterocycles. The Morgan fingerprint density at radius 3 is 2.56 bits per heavy atom. The molecule has 1 N–H and O–H groups in total. The molecule has 1 saturated heterocycles. The van der Waals surface area contributed by atoms with Crippen LogP contribution in [0.2, 0.25) is 0 Å². The molecule has 1 unspecified atom stereocenters. The number of aryl methyl sites for hydroxylation is 1. The van der Waals surface area contributed by atoms with Crippen molar-refractivity contribution in [1.82, 2.24) is 4.90 Å². The van der Waals surface area contributed by atoms with E-state index in [0.29, 0.717) is 31.5 Å². The molecule has 2 aromatic carbocycles. The van der Waals surface area contributed by atoms with E-state index in [1.807, 2.05) is 47.4 Å². The molecule has 2 aromatic rings. The van der Waals surface area contributed by atoms with Gasteiger partial charge in [0.15, 0.2) is 0 Å². The number of hydrogen-bond acceptors (Lipinski definition) is 3. The van der Waals surface area contributed by atoms with E-state index in [4.69, 9.17) is 5.26 Å². The summed E-state index contributed by atoms with van der Waals surface area (Å²) in [4.78, 5) is 26.9. The molecule has 0 radical (unpaired) electrons. The largest absolute Gasteiger partial charge is 0.342 e. The predicted molar refractivity (Wildman–Crippen MR) is 104 cm³/mol. The van der Waals surface area contributed by atoms with Gasteiger partial charge in [-0.3, -0.25) is 9.59 Å². The highest BCUT2D eigenvalue weighted by atomic mass is 16.2. The number of benzene rings is 2. The molecule has 0 spiro atoms. The molecule has 27 heavy (non-hydrogen) atoms. The van der Waals surface area contributed by atoms with Crippen LogP contribution in [0.1, 0.15) is 30.4 Å². The van der Waals surface area contributed by atoms with Gasteiger partial charge in [0.1, 0.15) is 0 Å². The SMILES string of the molecule is N#Cc1ccc(CCC(=O)N2CCCC(C(=O)Nc3ccccc3)C2)cc1. The highest BCUT2D eigenvalue weighted by Crippen LogP contribution is 2.20. The van der Waals surface area contributed by atoms with E-state index in [-0.39, 0.29) is 17.7 Å². The Balaban J connectivity index is 1.51. The van der Waals surface area contributed by atoms with Crippen LogP contribution in [0.3, 0.4) is 0 Å². The van der Waals surface area contributed by atoms with Gasteiger partial charge in [0.2, 0.25) is 11.8 Å². The van der Waals surface area contributed by atoms with Gasteiger partial charge in [-0.2, -0.15) is 5.26 Å². The van der Waals surface area contributed by atoms with E-state index in [1.54, 1.807) is 12.1 Å². The van der Waals surface area contributed by atoms with E-state index >= 15 is 0 Å². The monoisotopic (exact) mass is 361 g/mol. The van der Waals surface area contributed by atoms with Crippen molar-refractivity contribution in [2.75, 3.05) is 18.4 Å². The van der Waals surface area contributed by atoms with Gasteiger partial charge in [0, 0.05) is 25.2 Å². The van der Waals surface area contributed by atoms with E-state index in [9.17, 15) is 9.59 Å². The maximum atomic E-state index is 12.6. The topological polar surface area (TPSA) is 73.2 Å². The van der Waals surface area contributed by atoms with Crippen molar-refractivity contribution in [1.29, 1.82) is 5.26 Å². The van der Waals surface area contributed by atoms with E-state index in [1.165, 1.54) is 0 Å². The smallest absolute Gasteiger partial charge is 0.229 e. The van der Waals surface area contributed by atoms with Gasteiger partial charge >= 0.3 is 0 Å². The van der Waals surface area contributed by atoms with Crippen molar-refractivity contribution in [3.05, 3.63) is 65.7 Å². The van der Waals surface area contributed by atoms with Crippen molar-refractivity contribution in [2.24, 2.45) is 5.92 Å². The minimum atomic E-state index is -0.169. The zero-order valence-electron chi connectivity index (χ0n) is 15.2. The number of nitriles is 1. The normalized spacial score (nSPS) is 16.4. The molecule has 1 atom stereocenters. The zero-order valence-corrected chi connectivity index (χ0v) is 15.2. The van der Waals surface area contributed by atoms with Gasteiger partial charge in [0.05, 0.1) is 17.6 Å². The molecule has 1 aliphatic rings. The van der Waals surface area contributed by atoms with Crippen molar-refractivity contribution in [3.8, 4) is 6.07 Å². The third-order valence-electron chi connectivity index (χ3n) is 4.90. The highest BCUT2D eigenvalue weighted by molar-refractivity contribution is 5.93. The number of amides is 2. The Kier molecular flexibility index (Phi) is 6.22. The van der Waals surface area contributed by atoms with E-state index < -0.39 is 0 Å². The fourth-order valence-electron chi connectivity index (χ4n) is 3.34. The Labute approximate surface area is 159 Å². The number of anilines is 1. The van der Waals surface area contributed by atoms with Gasteiger partial charge in [0.25, 0.3) is 0 Å². The summed E-state index contributed by atoms with van der Waals surface area (Å²) in [6.45, 7) is 1.19. The number of rotatable bonds is 5. The molecule has 2 amide bonds. The second kappa shape index (κ2) is 9.00. The van der Waals surface area contributed by atoms with Crippen LogP contribution in [0.25, 0.3) is 0 Å². The molecule has 5 nitrogen and oxygen atoms in total. The first kappa shape index (κ1) is 18.7. The first-order chi connectivity index (χ1) is 13.2. The van der Waals surface area contributed by atoms with Crippen molar-refractivity contribution in [3.63, 3.8) is 0 Å². The van der Waals surface area contributed by atoms with Gasteiger partial charge in [-0.1, -0.05) is 30.3 Å². The van der Waals surface area contributed by atoms with Crippen LogP contribution >= 0.6 is 0 Å². The van der Waals surface area contributed by atoms with Gasteiger partial charge in [-0.05, 0) is 49.1 Å². The number of para-hydroxylation sites is 1. The Hall–Kier alpha value is -3.13. The van der Waals surface area contributed by atoms with Crippen molar-refractivity contribution in [2.45, 2.75) is 25.7 Å². The molecular formula is C22H23N3O2. The van der Waals surface area contributed by atoms with E-state index in [2.05, 4.69) is 11.4 Å². The highest BCUT2D eigenvalue weighted by Gasteiger charge is 2.28. The minimum Gasteiger partial charge on any atom is -0.342 e. The number of nitrogens with zero attached hydrogens (tertiary/aromatic N) is 2. The van der Waals surface area contributed by atoms with Gasteiger partial charge < -0.3 is 10.2 Å². The summed E-state index contributed by atoms with van der Waals surface area (Å²) >= 11 is 0. The second-order valence-electron chi connectivity index (χ2n) is 6.84. The summed E-state index contributed by atoms with van der Waals surface area (Å²) in [5.74, 6) is -0.111. The lowest BCUT2D eigenvalue weighted by Gasteiger charge is -2.32. The van der Waals surface area contributed by atoms with Crippen molar-refractivity contribution < 1.29 is 9.59 Å². The van der Waals surface area contributed by atoms with Crippen LogP contribution in [0.5, 0.6) is 0 Å². The molecule has 138 valence electrons. The number of carbonyl (C=O) groups excluding carboxylic acids is 2. The third kappa shape index (κ3) is 5.18. The van der Waals surface area contributed by atoms with Gasteiger partial charge in [-0.25, -0.2) is 0 Å². The second-order valence-corrected chi connectivity index (χ2v) is 6.84. The van der Waals surface area contributed by atoms with E-state index in [0.717, 1.165) is 24.1 Å². The molecule has 0 saturated carbocycles. The molecular weight excluding hydrogens is 338 g/mol. The van der Waals surface area contributed by atoms with Gasteiger partial charge in [-0.15, -0.1) is 0 Å². The molecule has 1 fully saturated rings. The Bertz CT molecular complexity index is 825. The molecule has 0 aliphatic carbocycles. The molecule has 3 rings (SSSR count). The minimum absolute atomic E-state index is 0.0224. The van der Waals surface area contributed by atoms with Crippen LogP contribution in [0, 0.1) is 17.2 Å². The summed E-state index contributed by atoms with van der Waals surface area (Å²) < 4.78 is 0. The Morgan fingerprint density at radius 1 is 1.11 bits per heavy atom. The average Bonchev–Trinajstić information content (AvgIpc) is 2.73. The lowest BCUT2D eigenvalue weighted by atomic mass is 9.96. The summed E-state index contributed by atoms with van der Waals surface area (Å²) in [7, 11) is 0.